The molecule has 3 rings (SSSR count). The molecule has 3 nitrogen and oxygen atoms in total. The zero-order valence-electron chi connectivity index (χ0n) is 12.9. The molecule has 0 bridgehead atoms. The number of nitriles is 1. The Morgan fingerprint density at radius 2 is 2.13 bits per heavy atom. The van der Waals surface area contributed by atoms with Crippen LogP contribution in [0.3, 0.4) is 0 Å². The Morgan fingerprint density at radius 1 is 1.35 bits per heavy atom. The van der Waals surface area contributed by atoms with Crippen molar-refractivity contribution in [1.82, 2.24) is 4.98 Å². The van der Waals surface area contributed by atoms with Crippen molar-refractivity contribution in [2.75, 3.05) is 5.73 Å². The maximum atomic E-state index is 9.58. The van der Waals surface area contributed by atoms with Crippen molar-refractivity contribution >= 4 is 29.0 Å². The molecule has 23 heavy (non-hydrogen) atoms. The van der Waals surface area contributed by atoms with Crippen LogP contribution in [0.1, 0.15) is 36.6 Å². The first kappa shape index (κ1) is 16.1. The molecule has 5 heteroatoms. The normalized spacial score (nSPS) is 16.7. The first-order chi connectivity index (χ1) is 11.0. The molecule has 1 aromatic heterocycles. The number of pyridine rings is 1. The molecule has 118 valence electrons. The number of benzene rings is 1. The second-order valence-corrected chi connectivity index (χ2v) is 6.74. The quantitative estimate of drug-likeness (QED) is 0.830. The summed E-state index contributed by atoms with van der Waals surface area (Å²) in [6.07, 6.45) is 4.05. The SMILES string of the molecule is CCC1CCc2nc(N)c(C#N)c(-c3ccc(Cl)c(Cl)c3)c2C1. The Hall–Kier alpha value is -1.76. The van der Waals surface area contributed by atoms with Gasteiger partial charge in [0.2, 0.25) is 0 Å². The number of halogens is 2. The summed E-state index contributed by atoms with van der Waals surface area (Å²) in [5.41, 5.74) is 10.3. The number of nitrogens with zero attached hydrogens (tertiary/aromatic N) is 2. The van der Waals surface area contributed by atoms with Crippen molar-refractivity contribution in [2.45, 2.75) is 32.6 Å². The van der Waals surface area contributed by atoms with Gasteiger partial charge in [-0.1, -0.05) is 42.6 Å². The molecule has 1 unspecified atom stereocenters. The first-order valence-electron chi connectivity index (χ1n) is 7.71. The number of hydrogen-bond acceptors (Lipinski definition) is 3. The highest BCUT2D eigenvalue weighted by atomic mass is 35.5. The van der Waals surface area contributed by atoms with Crippen molar-refractivity contribution in [1.29, 1.82) is 5.26 Å². The Kier molecular flexibility index (Phi) is 4.48. The Labute approximate surface area is 146 Å². The highest BCUT2D eigenvalue weighted by Crippen LogP contribution is 2.39. The third-order valence-electron chi connectivity index (χ3n) is 4.59. The van der Waals surface area contributed by atoms with Crippen LogP contribution in [0.4, 0.5) is 5.82 Å². The van der Waals surface area contributed by atoms with Gasteiger partial charge in [0.25, 0.3) is 0 Å². The lowest BCUT2D eigenvalue weighted by Crippen LogP contribution is -2.18. The molecule has 2 N–H and O–H groups in total. The minimum atomic E-state index is 0.294. The van der Waals surface area contributed by atoms with Crippen LogP contribution in [0.15, 0.2) is 18.2 Å². The van der Waals surface area contributed by atoms with Gasteiger partial charge >= 0.3 is 0 Å². The lowest BCUT2D eigenvalue weighted by Gasteiger charge is -2.26. The van der Waals surface area contributed by atoms with E-state index in [4.69, 9.17) is 28.9 Å². The van der Waals surface area contributed by atoms with Crippen molar-refractivity contribution in [2.24, 2.45) is 5.92 Å². The fraction of sp³-hybridized carbons (Fsp3) is 0.333. The largest absolute Gasteiger partial charge is 0.383 e. The molecule has 2 aromatic rings. The molecule has 0 amide bonds. The minimum Gasteiger partial charge on any atom is -0.383 e. The van der Waals surface area contributed by atoms with E-state index in [0.29, 0.717) is 27.3 Å². The van der Waals surface area contributed by atoms with Gasteiger partial charge in [0.05, 0.1) is 10.0 Å². The van der Waals surface area contributed by atoms with Gasteiger partial charge in [0, 0.05) is 11.3 Å². The molecule has 0 spiro atoms. The molecule has 0 fully saturated rings. The topological polar surface area (TPSA) is 62.7 Å². The first-order valence-corrected chi connectivity index (χ1v) is 8.47. The second-order valence-electron chi connectivity index (χ2n) is 5.93. The minimum absolute atomic E-state index is 0.294. The average Bonchev–Trinajstić information content (AvgIpc) is 2.55. The van der Waals surface area contributed by atoms with Gasteiger partial charge in [-0.3, -0.25) is 0 Å². The Bertz CT molecular complexity index is 809. The average molecular weight is 346 g/mol. The van der Waals surface area contributed by atoms with E-state index in [1.807, 2.05) is 6.07 Å². The molecule has 1 aliphatic rings. The fourth-order valence-electron chi connectivity index (χ4n) is 3.28. The van der Waals surface area contributed by atoms with E-state index < -0.39 is 0 Å². The molecule has 1 aliphatic carbocycles. The third kappa shape index (κ3) is 2.89. The van der Waals surface area contributed by atoms with Crippen LogP contribution >= 0.6 is 23.2 Å². The smallest absolute Gasteiger partial charge is 0.142 e. The standard InChI is InChI=1S/C18H17Cl2N3/c1-2-10-3-6-16-12(7-10)17(13(9-21)18(22)23-16)11-4-5-14(19)15(20)8-11/h4-5,8,10H,2-3,6-7H2,1H3,(H2,22,23). The van der Waals surface area contributed by atoms with Crippen LogP contribution in [-0.4, -0.2) is 4.98 Å². The molecular formula is C18H17Cl2N3. The van der Waals surface area contributed by atoms with Crippen molar-refractivity contribution < 1.29 is 0 Å². The molecule has 1 heterocycles. The predicted molar refractivity (Wildman–Crippen MR) is 94.6 cm³/mol. The predicted octanol–water partition coefficient (Wildman–Crippen LogP) is 5.02. The molecule has 1 aromatic carbocycles. The summed E-state index contributed by atoms with van der Waals surface area (Å²) < 4.78 is 0. The Morgan fingerprint density at radius 3 is 2.78 bits per heavy atom. The monoisotopic (exact) mass is 345 g/mol. The van der Waals surface area contributed by atoms with Gasteiger partial charge < -0.3 is 5.73 Å². The van der Waals surface area contributed by atoms with Crippen molar-refractivity contribution in [3.8, 4) is 17.2 Å². The van der Waals surface area contributed by atoms with E-state index in [0.717, 1.165) is 48.1 Å². The Balaban J connectivity index is 2.27. The summed E-state index contributed by atoms with van der Waals surface area (Å²) in [6, 6.07) is 7.66. The van der Waals surface area contributed by atoms with Gasteiger partial charge in [-0.2, -0.15) is 5.26 Å². The van der Waals surface area contributed by atoms with Gasteiger partial charge in [0.15, 0.2) is 0 Å². The lowest BCUT2D eigenvalue weighted by atomic mass is 9.80. The summed E-state index contributed by atoms with van der Waals surface area (Å²) in [5, 5.41) is 10.5. The van der Waals surface area contributed by atoms with Crippen LogP contribution in [-0.2, 0) is 12.8 Å². The molecule has 0 radical (unpaired) electrons. The van der Waals surface area contributed by atoms with E-state index in [1.54, 1.807) is 12.1 Å². The third-order valence-corrected chi connectivity index (χ3v) is 5.33. The lowest BCUT2D eigenvalue weighted by molar-refractivity contribution is 0.441. The van der Waals surface area contributed by atoms with Crippen LogP contribution < -0.4 is 5.73 Å². The number of aromatic nitrogens is 1. The number of fused-ring (bicyclic) bond motifs is 1. The second kappa shape index (κ2) is 6.39. The van der Waals surface area contributed by atoms with Gasteiger partial charge in [-0.15, -0.1) is 0 Å². The number of nitrogen functional groups attached to an aromatic ring is 1. The summed E-state index contributed by atoms with van der Waals surface area (Å²) in [7, 11) is 0. The molecule has 0 saturated heterocycles. The number of aryl methyl sites for hydroxylation is 1. The van der Waals surface area contributed by atoms with Crippen LogP contribution in [0.25, 0.3) is 11.1 Å². The summed E-state index contributed by atoms with van der Waals surface area (Å²) in [6.45, 7) is 2.20. The van der Waals surface area contributed by atoms with Gasteiger partial charge in [0.1, 0.15) is 17.5 Å². The summed E-state index contributed by atoms with van der Waals surface area (Å²) in [4.78, 5) is 4.48. The van der Waals surface area contributed by atoms with Crippen LogP contribution in [0.5, 0.6) is 0 Å². The van der Waals surface area contributed by atoms with Gasteiger partial charge in [-0.25, -0.2) is 4.98 Å². The molecule has 0 saturated carbocycles. The fourth-order valence-corrected chi connectivity index (χ4v) is 3.58. The maximum Gasteiger partial charge on any atom is 0.142 e. The van der Waals surface area contributed by atoms with E-state index in [2.05, 4.69) is 18.0 Å². The molecular weight excluding hydrogens is 329 g/mol. The van der Waals surface area contributed by atoms with E-state index in [-0.39, 0.29) is 0 Å². The number of rotatable bonds is 2. The zero-order chi connectivity index (χ0) is 16.6. The van der Waals surface area contributed by atoms with E-state index >= 15 is 0 Å². The maximum absolute atomic E-state index is 9.58. The summed E-state index contributed by atoms with van der Waals surface area (Å²) in [5.74, 6) is 0.906. The number of nitrogens with two attached hydrogens (primary N) is 1. The number of anilines is 1. The summed E-state index contributed by atoms with van der Waals surface area (Å²) >= 11 is 12.2. The van der Waals surface area contributed by atoms with Crippen molar-refractivity contribution in [3.63, 3.8) is 0 Å². The van der Waals surface area contributed by atoms with Crippen molar-refractivity contribution in [3.05, 3.63) is 45.1 Å². The van der Waals surface area contributed by atoms with E-state index in [1.165, 1.54) is 0 Å². The van der Waals surface area contributed by atoms with Crippen LogP contribution in [0.2, 0.25) is 10.0 Å². The van der Waals surface area contributed by atoms with Crippen LogP contribution in [0, 0.1) is 17.2 Å². The van der Waals surface area contributed by atoms with E-state index in [9.17, 15) is 5.26 Å². The number of hydrogen-bond donors (Lipinski definition) is 1. The highest BCUT2D eigenvalue weighted by molar-refractivity contribution is 6.42. The highest BCUT2D eigenvalue weighted by Gasteiger charge is 2.26. The van der Waals surface area contributed by atoms with Gasteiger partial charge in [-0.05, 0) is 48.4 Å². The zero-order valence-corrected chi connectivity index (χ0v) is 14.4. The molecule has 1 atom stereocenters. The molecule has 0 aliphatic heterocycles.